The Morgan fingerprint density at radius 3 is 1.86 bits per heavy atom. The second-order valence-electron chi connectivity index (χ2n) is 4.70. The summed E-state index contributed by atoms with van der Waals surface area (Å²) in [6, 6.07) is 14.0. The normalized spacial score (nSPS) is 11.0. The second kappa shape index (κ2) is 6.87. The number of primary sulfonamides is 1. The van der Waals surface area contributed by atoms with Crippen LogP contribution in [0.5, 0.6) is 0 Å². The SMILES string of the molecule is CCc1ccc(NC(=S)Nc2ccc(S(N)(=O)=O)cc2)cc1. The van der Waals surface area contributed by atoms with Crippen LogP contribution in [0.1, 0.15) is 12.5 Å². The van der Waals surface area contributed by atoms with Crippen molar-refractivity contribution in [3.05, 3.63) is 54.1 Å². The molecular weight excluding hydrogens is 318 g/mol. The highest BCUT2D eigenvalue weighted by Gasteiger charge is 2.07. The van der Waals surface area contributed by atoms with E-state index < -0.39 is 10.0 Å². The van der Waals surface area contributed by atoms with Crippen molar-refractivity contribution in [1.29, 1.82) is 0 Å². The molecule has 0 saturated carbocycles. The van der Waals surface area contributed by atoms with E-state index in [0.29, 0.717) is 10.8 Å². The summed E-state index contributed by atoms with van der Waals surface area (Å²) in [5.74, 6) is 0. The molecule has 0 aliphatic heterocycles. The number of sulfonamides is 1. The van der Waals surface area contributed by atoms with E-state index in [0.717, 1.165) is 12.1 Å². The maximum Gasteiger partial charge on any atom is 0.238 e. The van der Waals surface area contributed by atoms with Gasteiger partial charge >= 0.3 is 0 Å². The van der Waals surface area contributed by atoms with E-state index in [2.05, 4.69) is 17.6 Å². The van der Waals surface area contributed by atoms with Crippen LogP contribution in [0.3, 0.4) is 0 Å². The van der Waals surface area contributed by atoms with E-state index in [1.165, 1.54) is 17.7 Å². The van der Waals surface area contributed by atoms with Crippen LogP contribution in [-0.4, -0.2) is 13.5 Å². The van der Waals surface area contributed by atoms with Gasteiger partial charge in [0.15, 0.2) is 5.11 Å². The van der Waals surface area contributed by atoms with Gasteiger partial charge in [0.1, 0.15) is 0 Å². The molecule has 0 aliphatic carbocycles. The number of thiocarbonyl (C=S) groups is 1. The molecule has 2 aromatic carbocycles. The van der Waals surface area contributed by atoms with Crippen LogP contribution < -0.4 is 15.8 Å². The zero-order valence-electron chi connectivity index (χ0n) is 12.0. The summed E-state index contributed by atoms with van der Waals surface area (Å²) in [6.07, 6.45) is 0.985. The largest absolute Gasteiger partial charge is 0.332 e. The van der Waals surface area contributed by atoms with Crippen molar-refractivity contribution in [1.82, 2.24) is 0 Å². The summed E-state index contributed by atoms with van der Waals surface area (Å²) in [5.41, 5.74) is 2.81. The molecule has 4 N–H and O–H groups in total. The Hall–Kier alpha value is -1.96. The molecule has 2 rings (SSSR count). The number of anilines is 2. The molecule has 0 unspecified atom stereocenters. The van der Waals surface area contributed by atoms with Crippen LogP contribution in [0, 0.1) is 0 Å². The molecule has 0 fully saturated rings. The fraction of sp³-hybridized carbons (Fsp3) is 0.133. The van der Waals surface area contributed by atoms with Crippen molar-refractivity contribution in [2.75, 3.05) is 10.6 Å². The van der Waals surface area contributed by atoms with Gasteiger partial charge in [0.2, 0.25) is 10.0 Å². The lowest BCUT2D eigenvalue weighted by atomic mass is 10.1. The summed E-state index contributed by atoms with van der Waals surface area (Å²) in [6.45, 7) is 2.10. The molecule has 0 saturated heterocycles. The van der Waals surface area contributed by atoms with Crippen LogP contribution in [-0.2, 0) is 16.4 Å². The van der Waals surface area contributed by atoms with Crippen molar-refractivity contribution in [3.63, 3.8) is 0 Å². The molecule has 2 aromatic rings. The third-order valence-corrected chi connectivity index (χ3v) is 4.19. The quantitative estimate of drug-likeness (QED) is 0.748. The molecule has 0 atom stereocenters. The molecule has 0 spiro atoms. The van der Waals surface area contributed by atoms with Crippen molar-refractivity contribution in [2.24, 2.45) is 5.14 Å². The zero-order chi connectivity index (χ0) is 16.2. The van der Waals surface area contributed by atoms with E-state index in [9.17, 15) is 8.42 Å². The summed E-state index contributed by atoms with van der Waals surface area (Å²) in [4.78, 5) is 0.0621. The molecule has 5 nitrogen and oxygen atoms in total. The number of hydrogen-bond acceptors (Lipinski definition) is 3. The molecule has 22 heavy (non-hydrogen) atoms. The number of aryl methyl sites for hydroxylation is 1. The van der Waals surface area contributed by atoms with Gasteiger partial charge in [0.25, 0.3) is 0 Å². The summed E-state index contributed by atoms with van der Waals surface area (Å²) in [5, 5.41) is 11.5. The average Bonchev–Trinajstić information content (AvgIpc) is 2.47. The fourth-order valence-electron chi connectivity index (χ4n) is 1.85. The molecule has 0 bridgehead atoms. The molecule has 0 radical (unpaired) electrons. The van der Waals surface area contributed by atoms with E-state index in [4.69, 9.17) is 17.4 Å². The number of hydrogen-bond donors (Lipinski definition) is 3. The first-order valence-corrected chi connectivity index (χ1v) is 8.64. The predicted octanol–water partition coefficient (Wildman–Crippen LogP) is 2.71. The Kier molecular flexibility index (Phi) is 5.12. The molecule has 0 aliphatic rings. The minimum atomic E-state index is -3.68. The van der Waals surface area contributed by atoms with E-state index in [-0.39, 0.29) is 4.90 Å². The molecule has 0 aromatic heterocycles. The average molecular weight is 335 g/mol. The zero-order valence-corrected chi connectivity index (χ0v) is 13.7. The van der Waals surface area contributed by atoms with Gasteiger partial charge in [-0.3, -0.25) is 0 Å². The fourth-order valence-corrected chi connectivity index (χ4v) is 2.60. The van der Waals surface area contributed by atoms with Gasteiger partial charge in [0, 0.05) is 11.4 Å². The Balaban J connectivity index is 1.99. The van der Waals surface area contributed by atoms with Crippen molar-refractivity contribution < 1.29 is 8.42 Å². The van der Waals surface area contributed by atoms with Crippen LogP contribution >= 0.6 is 12.2 Å². The highest BCUT2D eigenvalue weighted by Crippen LogP contribution is 2.14. The van der Waals surface area contributed by atoms with Crippen LogP contribution in [0.4, 0.5) is 11.4 Å². The monoisotopic (exact) mass is 335 g/mol. The third-order valence-electron chi connectivity index (χ3n) is 3.06. The first-order valence-electron chi connectivity index (χ1n) is 6.68. The van der Waals surface area contributed by atoms with E-state index >= 15 is 0 Å². The number of benzene rings is 2. The Morgan fingerprint density at radius 1 is 1.00 bits per heavy atom. The van der Waals surface area contributed by atoms with Gasteiger partial charge in [0.05, 0.1) is 4.90 Å². The molecule has 0 heterocycles. The van der Waals surface area contributed by atoms with E-state index in [1.54, 1.807) is 12.1 Å². The summed E-state index contributed by atoms with van der Waals surface area (Å²) in [7, 11) is -3.68. The second-order valence-corrected chi connectivity index (χ2v) is 6.67. The number of nitrogens with two attached hydrogens (primary N) is 1. The minimum Gasteiger partial charge on any atom is -0.332 e. The summed E-state index contributed by atoms with van der Waals surface area (Å²) >= 11 is 5.22. The van der Waals surface area contributed by atoms with Crippen LogP contribution in [0.2, 0.25) is 0 Å². The van der Waals surface area contributed by atoms with Gasteiger partial charge in [-0.2, -0.15) is 0 Å². The van der Waals surface area contributed by atoms with Crippen molar-refractivity contribution >= 4 is 38.7 Å². The highest BCUT2D eigenvalue weighted by molar-refractivity contribution is 7.89. The van der Waals surface area contributed by atoms with Gasteiger partial charge in [-0.25, -0.2) is 13.6 Å². The molecule has 116 valence electrons. The van der Waals surface area contributed by atoms with Gasteiger partial charge < -0.3 is 10.6 Å². The Labute approximate surface area is 135 Å². The third kappa shape index (κ3) is 4.52. The van der Waals surface area contributed by atoms with Crippen LogP contribution in [0.15, 0.2) is 53.4 Å². The molecular formula is C15H17N3O2S2. The lowest BCUT2D eigenvalue weighted by Gasteiger charge is -2.11. The first-order chi connectivity index (χ1) is 10.4. The minimum absolute atomic E-state index is 0.0621. The maximum absolute atomic E-state index is 11.2. The highest BCUT2D eigenvalue weighted by atomic mass is 32.2. The van der Waals surface area contributed by atoms with Gasteiger partial charge in [-0.1, -0.05) is 19.1 Å². The molecule has 0 amide bonds. The van der Waals surface area contributed by atoms with Crippen LogP contribution in [0.25, 0.3) is 0 Å². The Bertz CT molecular complexity index is 754. The van der Waals surface area contributed by atoms with Gasteiger partial charge in [-0.15, -0.1) is 0 Å². The molecule has 7 heteroatoms. The van der Waals surface area contributed by atoms with Gasteiger partial charge in [-0.05, 0) is 60.6 Å². The lowest BCUT2D eigenvalue weighted by molar-refractivity contribution is 0.598. The van der Waals surface area contributed by atoms with Crippen molar-refractivity contribution in [2.45, 2.75) is 18.2 Å². The smallest absolute Gasteiger partial charge is 0.238 e. The van der Waals surface area contributed by atoms with Crippen molar-refractivity contribution in [3.8, 4) is 0 Å². The Morgan fingerprint density at radius 2 is 1.45 bits per heavy atom. The topological polar surface area (TPSA) is 84.2 Å². The standard InChI is InChI=1S/C15H17N3O2S2/c1-2-11-3-5-12(6-4-11)17-15(21)18-13-7-9-14(10-8-13)22(16,19)20/h3-10H,2H2,1H3,(H2,16,19,20)(H2,17,18,21). The first kappa shape index (κ1) is 16.4. The van der Waals surface area contributed by atoms with E-state index in [1.807, 2.05) is 24.3 Å². The number of rotatable bonds is 4. The lowest BCUT2D eigenvalue weighted by Crippen LogP contribution is -2.19. The predicted molar refractivity (Wildman–Crippen MR) is 93.5 cm³/mol. The summed E-state index contributed by atoms with van der Waals surface area (Å²) < 4.78 is 22.4. The number of nitrogens with one attached hydrogen (secondary N) is 2. The maximum atomic E-state index is 11.2.